The second kappa shape index (κ2) is 5.34. The average Bonchev–Trinajstić information content (AvgIpc) is 2.85. The molecule has 1 saturated heterocycles. The lowest BCUT2D eigenvalue weighted by atomic mass is 10.1. The van der Waals surface area contributed by atoms with Crippen LogP contribution in [0.3, 0.4) is 0 Å². The molecule has 0 N–H and O–H groups in total. The maximum absolute atomic E-state index is 13.0. The fraction of sp³-hybridized carbons (Fsp3) is 0.462. The van der Waals surface area contributed by atoms with Gasteiger partial charge >= 0.3 is 0 Å². The van der Waals surface area contributed by atoms with Crippen LogP contribution in [0, 0.1) is 5.95 Å². The van der Waals surface area contributed by atoms with Gasteiger partial charge in [-0.1, -0.05) is 0 Å². The summed E-state index contributed by atoms with van der Waals surface area (Å²) in [5, 5.41) is 0. The third-order valence-corrected chi connectivity index (χ3v) is 3.21. The molecule has 0 aliphatic carbocycles. The predicted molar refractivity (Wildman–Crippen MR) is 66.9 cm³/mol. The second-order valence-corrected chi connectivity index (χ2v) is 4.76. The molecule has 0 radical (unpaired) electrons. The summed E-state index contributed by atoms with van der Waals surface area (Å²) in [5.41, 5.74) is 0.228. The molecular formula is C13H16FN3O2. The summed E-state index contributed by atoms with van der Waals surface area (Å²) in [4.78, 5) is 30.7. The van der Waals surface area contributed by atoms with Gasteiger partial charge in [-0.2, -0.15) is 4.39 Å². The molecule has 1 unspecified atom stereocenters. The summed E-state index contributed by atoms with van der Waals surface area (Å²) < 4.78 is 13.0. The molecule has 6 heteroatoms. The lowest BCUT2D eigenvalue weighted by molar-refractivity contribution is -0.132. The van der Waals surface area contributed by atoms with Gasteiger partial charge in [0.2, 0.25) is 11.9 Å². The van der Waals surface area contributed by atoms with Crippen LogP contribution in [0.5, 0.6) is 0 Å². The Morgan fingerprint density at radius 1 is 1.47 bits per heavy atom. The maximum Gasteiger partial charge on any atom is 0.254 e. The number of carbonyl (C=O) groups excluding carboxylic acids is 2. The quantitative estimate of drug-likeness (QED) is 0.747. The smallest absolute Gasteiger partial charge is 0.254 e. The van der Waals surface area contributed by atoms with Crippen molar-refractivity contribution in [1.82, 2.24) is 14.8 Å². The van der Waals surface area contributed by atoms with Gasteiger partial charge in [0.05, 0.1) is 0 Å². The topological polar surface area (TPSA) is 53.5 Å². The van der Waals surface area contributed by atoms with Gasteiger partial charge in [0, 0.05) is 38.5 Å². The first-order valence-electron chi connectivity index (χ1n) is 6.14. The molecule has 0 bridgehead atoms. The van der Waals surface area contributed by atoms with Crippen LogP contribution in [0.1, 0.15) is 23.2 Å². The molecular weight excluding hydrogens is 249 g/mol. The molecule has 1 atom stereocenters. The first-order chi connectivity index (χ1) is 9.00. The van der Waals surface area contributed by atoms with E-state index in [9.17, 15) is 14.0 Å². The van der Waals surface area contributed by atoms with Crippen LogP contribution < -0.4 is 0 Å². The van der Waals surface area contributed by atoms with Crippen LogP contribution in [-0.4, -0.2) is 53.3 Å². The summed E-state index contributed by atoms with van der Waals surface area (Å²) in [7, 11) is 3.32. The van der Waals surface area contributed by atoms with Gasteiger partial charge in [-0.05, 0) is 18.9 Å². The number of nitrogens with zero attached hydrogens (tertiary/aromatic N) is 3. The molecule has 0 aromatic carbocycles. The van der Waals surface area contributed by atoms with Crippen LogP contribution >= 0.6 is 0 Å². The summed E-state index contributed by atoms with van der Waals surface area (Å²) in [6.45, 7) is 0.521. The van der Waals surface area contributed by atoms with Crippen LogP contribution in [0.15, 0.2) is 18.3 Å². The van der Waals surface area contributed by atoms with E-state index < -0.39 is 12.0 Å². The van der Waals surface area contributed by atoms with Crippen LogP contribution in [-0.2, 0) is 4.79 Å². The molecule has 0 saturated carbocycles. The van der Waals surface area contributed by atoms with Gasteiger partial charge < -0.3 is 9.80 Å². The van der Waals surface area contributed by atoms with Crippen molar-refractivity contribution in [2.24, 2.45) is 0 Å². The molecule has 2 heterocycles. The number of amides is 2. The molecule has 5 nitrogen and oxygen atoms in total. The van der Waals surface area contributed by atoms with Crippen molar-refractivity contribution in [1.29, 1.82) is 0 Å². The van der Waals surface area contributed by atoms with Crippen molar-refractivity contribution in [3.05, 3.63) is 29.8 Å². The molecule has 1 fully saturated rings. The van der Waals surface area contributed by atoms with E-state index in [2.05, 4.69) is 4.98 Å². The lowest BCUT2D eigenvalue weighted by Gasteiger charge is -2.26. The minimum absolute atomic E-state index is 0.0969. The molecule has 2 amide bonds. The third-order valence-electron chi connectivity index (χ3n) is 3.21. The van der Waals surface area contributed by atoms with E-state index in [1.54, 1.807) is 14.1 Å². The highest BCUT2D eigenvalue weighted by Crippen LogP contribution is 2.21. The number of hydrogen-bond donors (Lipinski definition) is 0. The molecule has 0 spiro atoms. The van der Waals surface area contributed by atoms with Crippen molar-refractivity contribution in [2.75, 3.05) is 20.6 Å². The van der Waals surface area contributed by atoms with Crippen molar-refractivity contribution >= 4 is 11.8 Å². The van der Waals surface area contributed by atoms with Gasteiger partial charge in [0.1, 0.15) is 6.04 Å². The Kier molecular flexibility index (Phi) is 3.78. The molecule has 2 rings (SSSR count). The fourth-order valence-corrected chi connectivity index (χ4v) is 2.27. The van der Waals surface area contributed by atoms with Crippen molar-refractivity contribution < 1.29 is 14.0 Å². The summed E-state index contributed by atoms with van der Waals surface area (Å²) in [6, 6.07) is 2.11. The normalized spacial score (nSPS) is 18.5. The average molecular weight is 265 g/mol. The lowest BCUT2D eigenvalue weighted by Crippen LogP contribution is -2.45. The van der Waals surface area contributed by atoms with Gasteiger partial charge in [0.25, 0.3) is 5.91 Å². The first kappa shape index (κ1) is 13.5. The number of aromatic nitrogens is 1. The SMILES string of the molecule is CN(C)C(=O)C1CCCN1C(=O)c1ccnc(F)c1. The highest BCUT2D eigenvalue weighted by atomic mass is 19.1. The third kappa shape index (κ3) is 2.72. The molecule has 1 aliphatic heterocycles. The number of likely N-dealkylation sites (tertiary alicyclic amines) is 1. The fourth-order valence-electron chi connectivity index (χ4n) is 2.27. The van der Waals surface area contributed by atoms with E-state index in [1.807, 2.05) is 0 Å². The van der Waals surface area contributed by atoms with Crippen LogP contribution in [0.25, 0.3) is 0 Å². The predicted octanol–water partition coefficient (Wildman–Crippen LogP) is 0.913. The second-order valence-electron chi connectivity index (χ2n) is 4.76. The zero-order valence-corrected chi connectivity index (χ0v) is 11.0. The summed E-state index contributed by atoms with van der Waals surface area (Å²) >= 11 is 0. The number of pyridine rings is 1. The van der Waals surface area contributed by atoms with Crippen molar-refractivity contribution in [2.45, 2.75) is 18.9 Å². The van der Waals surface area contributed by atoms with Gasteiger partial charge in [-0.3, -0.25) is 9.59 Å². The number of halogens is 1. The number of rotatable bonds is 2. The first-order valence-corrected chi connectivity index (χ1v) is 6.14. The molecule has 1 aliphatic rings. The minimum atomic E-state index is -0.694. The van der Waals surface area contributed by atoms with E-state index >= 15 is 0 Å². The Bertz CT molecular complexity index is 504. The van der Waals surface area contributed by atoms with E-state index in [0.717, 1.165) is 12.5 Å². The van der Waals surface area contributed by atoms with Crippen molar-refractivity contribution in [3.8, 4) is 0 Å². The van der Waals surface area contributed by atoms with Gasteiger partial charge in [-0.15, -0.1) is 0 Å². The highest BCUT2D eigenvalue weighted by molar-refractivity contribution is 5.97. The Morgan fingerprint density at radius 3 is 2.84 bits per heavy atom. The monoisotopic (exact) mass is 265 g/mol. The zero-order valence-electron chi connectivity index (χ0n) is 11.0. The van der Waals surface area contributed by atoms with E-state index in [-0.39, 0.29) is 17.4 Å². The standard InChI is InChI=1S/C13H16FN3O2/c1-16(2)13(19)10-4-3-7-17(10)12(18)9-5-6-15-11(14)8-9/h5-6,8,10H,3-4,7H2,1-2H3. The van der Waals surface area contributed by atoms with E-state index in [0.29, 0.717) is 13.0 Å². The number of likely N-dealkylation sites (N-methyl/N-ethyl adjacent to an activating group) is 1. The van der Waals surface area contributed by atoms with Gasteiger partial charge in [-0.25, -0.2) is 4.98 Å². The molecule has 19 heavy (non-hydrogen) atoms. The van der Waals surface area contributed by atoms with Crippen LogP contribution in [0.2, 0.25) is 0 Å². The molecule has 1 aromatic heterocycles. The Morgan fingerprint density at radius 2 is 2.21 bits per heavy atom. The zero-order chi connectivity index (χ0) is 14.0. The summed E-state index contributed by atoms with van der Waals surface area (Å²) in [6.07, 6.45) is 2.68. The molecule has 102 valence electrons. The number of carbonyl (C=O) groups is 2. The van der Waals surface area contributed by atoms with E-state index in [4.69, 9.17) is 0 Å². The molecule has 1 aromatic rings. The van der Waals surface area contributed by atoms with E-state index in [1.165, 1.54) is 22.1 Å². The Balaban J connectivity index is 2.21. The van der Waals surface area contributed by atoms with Crippen molar-refractivity contribution in [3.63, 3.8) is 0 Å². The number of hydrogen-bond acceptors (Lipinski definition) is 3. The Labute approximate surface area is 111 Å². The van der Waals surface area contributed by atoms with Crippen LogP contribution in [0.4, 0.5) is 4.39 Å². The minimum Gasteiger partial charge on any atom is -0.347 e. The van der Waals surface area contributed by atoms with Gasteiger partial charge in [0.15, 0.2) is 0 Å². The maximum atomic E-state index is 13.0. The Hall–Kier alpha value is -1.98. The largest absolute Gasteiger partial charge is 0.347 e. The summed E-state index contributed by atoms with van der Waals surface area (Å²) in [5.74, 6) is -1.11. The highest BCUT2D eigenvalue weighted by Gasteiger charge is 2.35.